The van der Waals surface area contributed by atoms with Crippen molar-refractivity contribution in [1.82, 2.24) is 14.8 Å². The molecular formula is C39H39N3O5. The number of amides is 2. The molecule has 2 amide bonds. The number of hydrogen-bond donors (Lipinski definition) is 2. The van der Waals surface area contributed by atoms with Crippen molar-refractivity contribution in [2.75, 3.05) is 13.1 Å². The van der Waals surface area contributed by atoms with Crippen molar-refractivity contribution in [3.63, 3.8) is 0 Å². The van der Waals surface area contributed by atoms with E-state index in [0.717, 1.165) is 45.3 Å². The molecule has 47 heavy (non-hydrogen) atoms. The molecule has 8 heteroatoms. The Morgan fingerprint density at radius 3 is 2.38 bits per heavy atom. The van der Waals surface area contributed by atoms with E-state index in [2.05, 4.69) is 23.7 Å². The highest BCUT2D eigenvalue weighted by molar-refractivity contribution is 5.99. The van der Waals surface area contributed by atoms with Gasteiger partial charge in [-0.05, 0) is 85.2 Å². The summed E-state index contributed by atoms with van der Waals surface area (Å²) in [7, 11) is 0. The molecule has 8 nitrogen and oxygen atoms in total. The molecule has 4 aromatic carbocycles. The fourth-order valence-electron chi connectivity index (χ4n) is 6.47. The highest BCUT2D eigenvalue weighted by Gasteiger charge is 2.31. The number of likely N-dealkylation sites (tertiary alicyclic amines) is 1. The lowest BCUT2D eigenvalue weighted by Gasteiger charge is -2.21. The fraction of sp³-hybridized carbons (Fsp3) is 0.256. The van der Waals surface area contributed by atoms with Crippen LogP contribution in [0, 0.1) is 19.8 Å². The molecule has 6 rings (SSSR count). The summed E-state index contributed by atoms with van der Waals surface area (Å²) in [4.78, 5) is 39.4. The minimum Gasteiger partial charge on any atom is -0.478 e. The molecule has 1 aromatic heterocycles. The quantitative estimate of drug-likeness (QED) is 0.176. The Balaban J connectivity index is 1.10. The maximum Gasteiger partial charge on any atom is 0.410 e. The number of aromatic nitrogens is 1. The highest BCUT2D eigenvalue weighted by atomic mass is 16.6. The van der Waals surface area contributed by atoms with Crippen LogP contribution in [0.15, 0.2) is 97.1 Å². The van der Waals surface area contributed by atoms with Crippen molar-refractivity contribution < 1.29 is 24.2 Å². The van der Waals surface area contributed by atoms with Gasteiger partial charge in [-0.2, -0.15) is 0 Å². The van der Waals surface area contributed by atoms with Crippen LogP contribution >= 0.6 is 0 Å². The Morgan fingerprint density at radius 2 is 1.64 bits per heavy atom. The monoisotopic (exact) mass is 629 g/mol. The molecule has 2 atom stereocenters. The Morgan fingerprint density at radius 1 is 0.915 bits per heavy atom. The number of nitrogens with zero attached hydrogens (tertiary/aromatic N) is 2. The molecule has 0 radical (unpaired) electrons. The van der Waals surface area contributed by atoms with Gasteiger partial charge in [-0.1, -0.05) is 72.8 Å². The van der Waals surface area contributed by atoms with Gasteiger partial charge in [0.15, 0.2) is 0 Å². The average Bonchev–Trinajstić information content (AvgIpc) is 3.68. The molecule has 1 aliphatic rings. The molecular weight excluding hydrogens is 590 g/mol. The first-order valence-corrected chi connectivity index (χ1v) is 16.0. The zero-order valence-electron chi connectivity index (χ0n) is 26.9. The normalized spacial score (nSPS) is 15.0. The summed E-state index contributed by atoms with van der Waals surface area (Å²) in [5.41, 5.74) is 7.76. The van der Waals surface area contributed by atoms with Gasteiger partial charge in [-0.25, -0.2) is 9.59 Å². The van der Waals surface area contributed by atoms with E-state index in [9.17, 15) is 19.5 Å². The van der Waals surface area contributed by atoms with E-state index in [-0.39, 0.29) is 36.1 Å². The second kappa shape index (κ2) is 13.5. The number of ether oxygens (including phenoxy) is 1. The van der Waals surface area contributed by atoms with Gasteiger partial charge in [0, 0.05) is 47.8 Å². The molecule has 2 heterocycles. The van der Waals surface area contributed by atoms with E-state index in [4.69, 9.17) is 4.74 Å². The van der Waals surface area contributed by atoms with Crippen LogP contribution in [0.25, 0.3) is 22.0 Å². The third kappa shape index (κ3) is 6.77. The zero-order chi connectivity index (χ0) is 33.1. The Hall–Kier alpha value is -5.37. The van der Waals surface area contributed by atoms with Crippen LogP contribution < -0.4 is 5.32 Å². The molecule has 0 aliphatic carbocycles. The number of aromatic carboxylic acids is 1. The van der Waals surface area contributed by atoms with Gasteiger partial charge in [0.1, 0.15) is 6.61 Å². The number of aryl methyl sites for hydroxylation is 1. The third-order valence-corrected chi connectivity index (χ3v) is 9.42. The van der Waals surface area contributed by atoms with Gasteiger partial charge < -0.3 is 24.6 Å². The molecule has 0 saturated carbocycles. The summed E-state index contributed by atoms with van der Waals surface area (Å²) in [6.45, 7) is 8.20. The van der Waals surface area contributed by atoms with Gasteiger partial charge in [0.05, 0.1) is 5.56 Å². The van der Waals surface area contributed by atoms with Crippen molar-refractivity contribution in [1.29, 1.82) is 0 Å². The first-order chi connectivity index (χ1) is 22.7. The van der Waals surface area contributed by atoms with Crippen molar-refractivity contribution in [2.24, 2.45) is 5.92 Å². The van der Waals surface area contributed by atoms with Gasteiger partial charge in [0.25, 0.3) is 5.91 Å². The lowest BCUT2D eigenvalue weighted by atomic mass is 9.99. The molecule has 1 aliphatic heterocycles. The lowest BCUT2D eigenvalue weighted by Crippen LogP contribution is -2.40. The topological polar surface area (TPSA) is 101 Å². The number of nitrogens with one attached hydrogen (secondary N) is 1. The van der Waals surface area contributed by atoms with Gasteiger partial charge in [-0.3, -0.25) is 4.79 Å². The first kappa shape index (κ1) is 31.6. The van der Waals surface area contributed by atoms with E-state index in [1.165, 1.54) is 0 Å². The highest BCUT2D eigenvalue weighted by Crippen LogP contribution is 2.29. The predicted molar refractivity (Wildman–Crippen MR) is 183 cm³/mol. The Kier molecular flexibility index (Phi) is 9.11. The fourth-order valence-corrected chi connectivity index (χ4v) is 6.47. The lowest BCUT2D eigenvalue weighted by molar-refractivity contribution is 0.0697. The average molecular weight is 630 g/mol. The number of hydrogen-bond acceptors (Lipinski definition) is 4. The smallest absolute Gasteiger partial charge is 0.410 e. The van der Waals surface area contributed by atoms with Crippen LogP contribution in [0.1, 0.15) is 56.4 Å². The summed E-state index contributed by atoms with van der Waals surface area (Å²) in [6.07, 6.45) is 0.477. The summed E-state index contributed by atoms with van der Waals surface area (Å²) in [5, 5.41) is 13.8. The maximum atomic E-state index is 13.4. The van der Waals surface area contributed by atoms with Crippen LogP contribution in [0.4, 0.5) is 4.79 Å². The third-order valence-electron chi connectivity index (χ3n) is 9.42. The minimum atomic E-state index is -0.945. The van der Waals surface area contributed by atoms with Gasteiger partial charge in [-0.15, -0.1) is 0 Å². The molecule has 2 N–H and O–H groups in total. The van der Waals surface area contributed by atoms with Crippen LogP contribution in [-0.4, -0.2) is 51.7 Å². The number of fused-ring (bicyclic) bond motifs is 1. The summed E-state index contributed by atoms with van der Waals surface area (Å²) >= 11 is 0. The van der Waals surface area contributed by atoms with Gasteiger partial charge in [0.2, 0.25) is 0 Å². The second-order valence-electron chi connectivity index (χ2n) is 12.4. The Labute approximate surface area is 274 Å². The number of benzene rings is 4. The summed E-state index contributed by atoms with van der Waals surface area (Å²) in [6, 6.07) is 30.4. The number of rotatable bonds is 9. The van der Waals surface area contributed by atoms with Crippen molar-refractivity contribution in [2.45, 2.75) is 46.4 Å². The second-order valence-corrected chi connectivity index (χ2v) is 12.4. The maximum absolute atomic E-state index is 13.4. The van der Waals surface area contributed by atoms with Crippen molar-refractivity contribution in [3.8, 4) is 11.1 Å². The summed E-state index contributed by atoms with van der Waals surface area (Å²) < 4.78 is 7.75. The Bertz CT molecular complexity index is 1930. The largest absolute Gasteiger partial charge is 0.478 e. The van der Waals surface area contributed by atoms with E-state index >= 15 is 0 Å². The molecule has 240 valence electrons. The molecule has 1 saturated heterocycles. The molecule has 1 unspecified atom stereocenters. The van der Waals surface area contributed by atoms with E-state index in [1.54, 1.807) is 17.0 Å². The number of carbonyl (C=O) groups is 3. The standard InChI is InChI=1S/C39H39N3O5/c1-25-27(3)42(22-28-13-15-30(16-14-28)33-11-7-8-12-34(33)38(44)45)36-18-17-31(21-35(25)36)37(43)40-26(2)32-19-20-41(23-32)39(46)47-24-29-9-5-4-6-10-29/h4-18,21,26,32H,19-20,22-24H2,1-3H3,(H,40,43)(H,44,45)/t26-,32?/m0/s1. The molecule has 1 fully saturated rings. The minimum absolute atomic E-state index is 0.108. The van der Waals surface area contributed by atoms with Crippen molar-refractivity contribution in [3.05, 3.63) is 131 Å². The van der Waals surface area contributed by atoms with Crippen molar-refractivity contribution >= 4 is 28.9 Å². The molecule has 5 aromatic rings. The van der Waals surface area contributed by atoms with E-state index < -0.39 is 5.97 Å². The number of carbonyl (C=O) groups excluding carboxylic acids is 2. The summed E-state index contributed by atoms with van der Waals surface area (Å²) in [5.74, 6) is -0.938. The number of carboxylic acid groups (broad SMARTS) is 1. The van der Waals surface area contributed by atoms with E-state index in [0.29, 0.717) is 30.8 Å². The first-order valence-electron chi connectivity index (χ1n) is 16.0. The van der Waals surface area contributed by atoms with Crippen LogP contribution in [0.2, 0.25) is 0 Å². The predicted octanol–water partition coefficient (Wildman–Crippen LogP) is 7.45. The molecule has 0 bridgehead atoms. The molecule has 0 spiro atoms. The van der Waals surface area contributed by atoms with Crippen LogP contribution in [-0.2, 0) is 17.9 Å². The SMILES string of the molecule is Cc1c(C)n(Cc2ccc(-c3ccccc3C(=O)O)cc2)c2ccc(C(=O)N[C@@H](C)C3CCN(C(=O)OCc4ccccc4)C3)cc12. The van der Waals surface area contributed by atoms with Gasteiger partial charge >= 0.3 is 12.1 Å². The zero-order valence-corrected chi connectivity index (χ0v) is 26.9. The van der Waals surface area contributed by atoms with Crippen LogP contribution in [0.5, 0.6) is 0 Å². The number of carboxylic acids is 1. The van der Waals surface area contributed by atoms with Crippen LogP contribution in [0.3, 0.4) is 0 Å². The van der Waals surface area contributed by atoms with E-state index in [1.807, 2.05) is 91.9 Å².